The third kappa shape index (κ3) is 3.02. The third-order valence-corrected chi connectivity index (χ3v) is 3.07. The summed E-state index contributed by atoms with van der Waals surface area (Å²) in [5.74, 6) is 0.586. The van der Waals surface area contributed by atoms with Gasteiger partial charge in [-0.3, -0.25) is 0 Å². The van der Waals surface area contributed by atoms with Gasteiger partial charge in [-0.2, -0.15) is 0 Å². The number of hydrogen-bond acceptors (Lipinski definition) is 3. The van der Waals surface area contributed by atoms with E-state index in [-0.39, 0.29) is 12.4 Å². The summed E-state index contributed by atoms with van der Waals surface area (Å²) in [7, 11) is 0. The maximum Gasteiger partial charge on any atom is 0.372 e. The van der Waals surface area contributed by atoms with E-state index in [4.69, 9.17) is 14.3 Å². The van der Waals surface area contributed by atoms with Crippen LogP contribution in [0, 0.1) is 6.92 Å². The van der Waals surface area contributed by atoms with E-state index >= 15 is 0 Å². The van der Waals surface area contributed by atoms with E-state index in [0.29, 0.717) is 17.2 Å². The van der Waals surface area contributed by atoms with Crippen LogP contribution in [0.4, 0.5) is 0 Å². The van der Waals surface area contributed by atoms with Crippen molar-refractivity contribution in [1.29, 1.82) is 0 Å². The Labute approximate surface area is 118 Å². The molecule has 0 unspecified atom stereocenters. The number of carboxylic acid groups (broad SMARTS) is 1. The van der Waals surface area contributed by atoms with Gasteiger partial charge in [-0.05, 0) is 30.5 Å². The van der Waals surface area contributed by atoms with Gasteiger partial charge in [-0.1, -0.05) is 32.0 Å². The Morgan fingerprint density at radius 2 is 2.05 bits per heavy atom. The highest BCUT2D eigenvalue weighted by Gasteiger charge is 2.15. The van der Waals surface area contributed by atoms with Crippen LogP contribution in [-0.2, 0) is 6.61 Å². The van der Waals surface area contributed by atoms with Crippen molar-refractivity contribution in [1.82, 2.24) is 0 Å². The molecule has 2 aromatic rings. The molecule has 1 heterocycles. The molecule has 0 aliphatic carbocycles. The molecular formula is C16H18O4. The first-order valence-electron chi connectivity index (χ1n) is 6.53. The molecule has 0 atom stereocenters. The van der Waals surface area contributed by atoms with E-state index in [1.165, 1.54) is 0 Å². The number of aryl methyl sites for hydroxylation is 1. The van der Waals surface area contributed by atoms with Crippen molar-refractivity contribution in [3.05, 3.63) is 53.0 Å². The van der Waals surface area contributed by atoms with Gasteiger partial charge in [0.1, 0.15) is 18.1 Å². The SMILES string of the molecule is Cc1cc(COc2ccccc2C(C)C)oc1C(=O)O. The third-order valence-electron chi connectivity index (χ3n) is 3.07. The van der Waals surface area contributed by atoms with E-state index in [2.05, 4.69) is 13.8 Å². The second kappa shape index (κ2) is 5.82. The van der Waals surface area contributed by atoms with Gasteiger partial charge in [0, 0.05) is 5.56 Å². The van der Waals surface area contributed by atoms with Crippen LogP contribution < -0.4 is 4.74 Å². The Balaban J connectivity index is 2.13. The summed E-state index contributed by atoms with van der Waals surface area (Å²) in [6.45, 7) is 6.12. The zero-order chi connectivity index (χ0) is 14.7. The quantitative estimate of drug-likeness (QED) is 0.895. The zero-order valence-corrected chi connectivity index (χ0v) is 11.8. The Bertz CT molecular complexity index is 611. The number of ether oxygens (including phenoxy) is 1. The molecule has 0 bridgehead atoms. The van der Waals surface area contributed by atoms with Gasteiger partial charge >= 0.3 is 5.97 Å². The normalized spacial score (nSPS) is 10.8. The molecule has 1 aromatic carbocycles. The molecule has 0 radical (unpaired) electrons. The Morgan fingerprint density at radius 3 is 2.65 bits per heavy atom. The van der Waals surface area contributed by atoms with Crippen LogP contribution in [0.25, 0.3) is 0 Å². The maximum atomic E-state index is 10.9. The monoisotopic (exact) mass is 274 g/mol. The van der Waals surface area contributed by atoms with Crippen LogP contribution in [0.5, 0.6) is 5.75 Å². The standard InChI is InChI=1S/C16H18O4/c1-10(2)13-6-4-5-7-14(13)19-9-12-8-11(3)15(20-12)16(17)18/h4-8,10H,9H2,1-3H3,(H,17,18). The summed E-state index contributed by atoms with van der Waals surface area (Å²) in [6.07, 6.45) is 0. The van der Waals surface area contributed by atoms with Gasteiger partial charge in [0.15, 0.2) is 0 Å². The second-order valence-electron chi connectivity index (χ2n) is 5.01. The second-order valence-corrected chi connectivity index (χ2v) is 5.01. The first-order chi connectivity index (χ1) is 9.49. The van der Waals surface area contributed by atoms with Crippen LogP contribution in [0.2, 0.25) is 0 Å². The molecule has 0 aliphatic rings. The van der Waals surface area contributed by atoms with E-state index in [0.717, 1.165) is 11.3 Å². The number of para-hydroxylation sites is 1. The molecule has 0 saturated carbocycles. The molecule has 4 nitrogen and oxygen atoms in total. The highest BCUT2D eigenvalue weighted by Crippen LogP contribution is 2.27. The number of carboxylic acids is 1. The van der Waals surface area contributed by atoms with Crippen LogP contribution in [0.3, 0.4) is 0 Å². The summed E-state index contributed by atoms with van der Waals surface area (Å²) in [4.78, 5) is 10.9. The molecule has 0 amide bonds. The Hall–Kier alpha value is -2.23. The van der Waals surface area contributed by atoms with Crippen molar-refractivity contribution in [3.63, 3.8) is 0 Å². The summed E-state index contributed by atoms with van der Waals surface area (Å²) >= 11 is 0. The number of hydrogen-bond donors (Lipinski definition) is 1. The van der Waals surface area contributed by atoms with Crippen molar-refractivity contribution in [3.8, 4) is 5.75 Å². The van der Waals surface area contributed by atoms with Gasteiger partial charge in [-0.25, -0.2) is 4.79 Å². The fourth-order valence-corrected chi connectivity index (χ4v) is 2.07. The lowest BCUT2D eigenvalue weighted by atomic mass is 10.0. The molecule has 106 valence electrons. The van der Waals surface area contributed by atoms with Crippen molar-refractivity contribution in [2.24, 2.45) is 0 Å². The molecule has 0 fully saturated rings. The summed E-state index contributed by atoms with van der Waals surface area (Å²) < 4.78 is 11.0. The lowest BCUT2D eigenvalue weighted by Gasteiger charge is -2.12. The van der Waals surface area contributed by atoms with Crippen LogP contribution in [-0.4, -0.2) is 11.1 Å². The molecule has 0 saturated heterocycles. The van der Waals surface area contributed by atoms with Gasteiger partial charge in [0.25, 0.3) is 0 Å². The predicted molar refractivity (Wildman–Crippen MR) is 75.3 cm³/mol. The topological polar surface area (TPSA) is 59.7 Å². The molecule has 0 aliphatic heterocycles. The van der Waals surface area contributed by atoms with E-state index in [1.807, 2.05) is 24.3 Å². The molecule has 2 rings (SSSR count). The number of furan rings is 1. The number of carbonyl (C=O) groups is 1. The maximum absolute atomic E-state index is 10.9. The Morgan fingerprint density at radius 1 is 1.35 bits per heavy atom. The molecular weight excluding hydrogens is 256 g/mol. The van der Waals surface area contributed by atoms with Gasteiger partial charge in [0.2, 0.25) is 5.76 Å². The van der Waals surface area contributed by atoms with E-state index < -0.39 is 5.97 Å². The minimum Gasteiger partial charge on any atom is -0.485 e. The van der Waals surface area contributed by atoms with E-state index in [9.17, 15) is 4.79 Å². The average molecular weight is 274 g/mol. The zero-order valence-electron chi connectivity index (χ0n) is 11.8. The number of aromatic carboxylic acids is 1. The van der Waals surface area contributed by atoms with Crippen molar-refractivity contribution < 1.29 is 19.1 Å². The van der Waals surface area contributed by atoms with Crippen molar-refractivity contribution in [2.75, 3.05) is 0 Å². The minimum atomic E-state index is -1.06. The smallest absolute Gasteiger partial charge is 0.372 e. The molecule has 20 heavy (non-hydrogen) atoms. The minimum absolute atomic E-state index is 0.0271. The molecule has 1 N–H and O–H groups in total. The van der Waals surface area contributed by atoms with Crippen LogP contribution >= 0.6 is 0 Å². The van der Waals surface area contributed by atoms with Gasteiger partial charge in [0.05, 0.1) is 0 Å². The molecule has 1 aromatic heterocycles. The van der Waals surface area contributed by atoms with Crippen molar-refractivity contribution >= 4 is 5.97 Å². The summed E-state index contributed by atoms with van der Waals surface area (Å²) in [5.41, 5.74) is 1.72. The highest BCUT2D eigenvalue weighted by atomic mass is 16.5. The predicted octanol–water partition coefficient (Wildman–Crippen LogP) is 3.99. The fraction of sp³-hybridized carbons (Fsp3) is 0.312. The molecule has 4 heteroatoms. The van der Waals surface area contributed by atoms with Gasteiger partial charge in [-0.15, -0.1) is 0 Å². The average Bonchev–Trinajstić information content (AvgIpc) is 2.78. The summed E-state index contributed by atoms with van der Waals surface area (Å²) in [6, 6.07) is 9.51. The number of rotatable bonds is 5. The lowest BCUT2D eigenvalue weighted by Crippen LogP contribution is -1.99. The van der Waals surface area contributed by atoms with Crippen LogP contribution in [0.15, 0.2) is 34.7 Å². The molecule has 0 spiro atoms. The van der Waals surface area contributed by atoms with Gasteiger partial charge < -0.3 is 14.3 Å². The Kier molecular flexibility index (Phi) is 4.13. The summed E-state index contributed by atoms with van der Waals surface area (Å²) in [5, 5.41) is 8.95. The number of benzene rings is 1. The fourth-order valence-electron chi connectivity index (χ4n) is 2.07. The van der Waals surface area contributed by atoms with E-state index in [1.54, 1.807) is 13.0 Å². The first kappa shape index (κ1) is 14.2. The van der Waals surface area contributed by atoms with Crippen molar-refractivity contribution in [2.45, 2.75) is 33.3 Å². The van der Waals surface area contributed by atoms with Crippen LogP contribution in [0.1, 0.15) is 47.2 Å². The lowest BCUT2D eigenvalue weighted by molar-refractivity contribution is 0.0657. The highest BCUT2D eigenvalue weighted by molar-refractivity contribution is 5.86. The first-order valence-corrected chi connectivity index (χ1v) is 6.53. The largest absolute Gasteiger partial charge is 0.485 e.